The number of halogens is 1. The van der Waals surface area contributed by atoms with Gasteiger partial charge in [-0.25, -0.2) is 9.97 Å². The number of carbonyl (C=O) groups excluding carboxylic acids is 6. The fourth-order valence-electron chi connectivity index (χ4n) is 4.79. The number of aryl methyl sites for hydroxylation is 6. The molecule has 0 atom stereocenters. The summed E-state index contributed by atoms with van der Waals surface area (Å²) in [5, 5.41) is 6.99. The third-order valence-corrected chi connectivity index (χ3v) is 9.37. The predicted molar refractivity (Wildman–Crippen MR) is 205 cm³/mol. The van der Waals surface area contributed by atoms with Crippen LogP contribution in [-0.4, -0.2) is 44.1 Å². The Morgan fingerprint density at radius 3 is 1.26 bits per heavy atom. The van der Waals surface area contributed by atoms with Crippen LogP contribution in [0.1, 0.15) is 54.4 Å². The first-order valence-corrected chi connectivity index (χ1v) is 17.1. The third kappa shape index (κ3) is 12.6. The molecule has 12 nitrogen and oxygen atoms in total. The number of thiazole rings is 2. The van der Waals surface area contributed by atoms with Gasteiger partial charge in [-0.2, -0.15) is 19.2 Å². The number of aromatic nitrogens is 4. The topological polar surface area (TPSA) is 178 Å². The lowest BCUT2D eigenvalue weighted by Crippen LogP contribution is -2.13. The molecular formula is C38H35ClN6O6S2. The highest BCUT2D eigenvalue weighted by molar-refractivity contribution is 7.19. The van der Waals surface area contributed by atoms with E-state index in [9.17, 15) is 9.59 Å². The number of amides is 2. The van der Waals surface area contributed by atoms with Gasteiger partial charge in [-0.3, -0.25) is 30.2 Å². The zero-order valence-electron chi connectivity index (χ0n) is 29.5. The van der Waals surface area contributed by atoms with E-state index in [1.54, 1.807) is 36.9 Å². The number of hydrogen-bond acceptors (Lipinski definition) is 12. The van der Waals surface area contributed by atoms with Gasteiger partial charge in [-0.15, -0.1) is 12.4 Å². The molecule has 6 rings (SSSR count). The molecule has 4 heterocycles. The molecule has 4 aromatic heterocycles. The number of hydrogen-bond donors (Lipinski definition) is 2. The average Bonchev–Trinajstić information content (AvgIpc) is 3.66. The van der Waals surface area contributed by atoms with Crippen molar-refractivity contribution in [2.75, 3.05) is 10.6 Å². The van der Waals surface area contributed by atoms with Crippen molar-refractivity contribution < 1.29 is 28.8 Å². The van der Waals surface area contributed by atoms with Crippen LogP contribution < -0.4 is 10.6 Å². The Labute approximate surface area is 320 Å². The first kappa shape index (κ1) is 43.2. The van der Waals surface area contributed by atoms with Crippen LogP contribution in [0.5, 0.6) is 0 Å². The second-order valence-electron chi connectivity index (χ2n) is 11.1. The number of nitrogens with zero attached hydrogens (tertiary/aromatic N) is 4. The molecule has 0 aliphatic heterocycles. The minimum Gasteiger partial charge on any atom is -0.298 e. The van der Waals surface area contributed by atoms with Gasteiger partial charge in [-0.1, -0.05) is 82.3 Å². The molecule has 0 bridgehead atoms. The van der Waals surface area contributed by atoms with Gasteiger partial charge >= 0.3 is 12.3 Å². The van der Waals surface area contributed by atoms with Crippen molar-refractivity contribution in [2.45, 2.75) is 41.5 Å². The quantitative estimate of drug-likeness (QED) is 0.169. The lowest BCUT2D eigenvalue weighted by atomic mass is 10.1. The largest absolute Gasteiger partial charge is 0.373 e. The second kappa shape index (κ2) is 21.4. The summed E-state index contributed by atoms with van der Waals surface area (Å²) in [4.78, 5) is 76.4. The van der Waals surface area contributed by atoms with Crippen LogP contribution in [0.4, 0.5) is 10.3 Å². The van der Waals surface area contributed by atoms with Crippen LogP contribution in [0.2, 0.25) is 0 Å². The molecule has 2 aromatic carbocycles. The zero-order chi connectivity index (χ0) is 38.2. The minimum atomic E-state index is -0.158. The maximum atomic E-state index is 12.4. The van der Waals surface area contributed by atoms with Gasteiger partial charge in [0.25, 0.3) is 11.8 Å². The molecule has 15 heteroatoms. The lowest BCUT2D eigenvalue weighted by molar-refractivity contribution is -0.193. The molecule has 2 N–H and O–H groups in total. The number of rotatable bonds is 6. The number of carbonyl (C=O) groups is 2. The van der Waals surface area contributed by atoms with Crippen LogP contribution in [0.15, 0.2) is 85.5 Å². The predicted octanol–water partition coefficient (Wildman–Crippen LogP) is 8.02. The van der Waals surface area contributed by atoms with Gasteiger partial charge < -0.3 is 0 Å². The van der Waals surface area contributed by atoms with Crippen molar-refractivity contribution in [2.24, 2.45) is 0 Å². The fourth-order valence-corrected chi connectivity index (χ4v) is 6.71. The van der Waals surface area contributed by atoms with Gasteiger partial charge in [0.15, 0.2) is 10.3 Å². The van der Waals surface area contributed by atoms with Crippen LogP contribution in [-0.2, 0) is 19.2 Å². The molecule has 2 amide bonds. The van der Waals surface area contributed by atoms with Crippen molar-refractivity contribution >= 4 is 69.5 Å². The minimum absolute atomic E-state index is 0. The van der Waals surface area contributed by atoms with Crippen molar-refractivity contribution in [1.82, 2.24) is 19.9 Å². The molecule has 0 spiro atoms. The average molecular weight is 771 g/mol. The number of anilines is 2. The fraction of sp³-hybridized carbons (Fsp3) is 0.158. The standard InChI is InChI=1S/2C18H17N3OS.2CO2.ClH/c2*1-11-5-4-6-14(9-11)16-13(3)20-18(23-16)21-17(22)15-7-8-19-10-12(15)2;2*2-1-3;/h2*4-10H,1-3H3,(H,20,21,22);;;1H. The van der Waals surface area contributed by atoms with Gasteiger partial charge in [0.05, 0.1) is 21.1 Å². The number of pyridine rings is 2. The van der Waals surface area contributed by atoms with E-state index >= 15 is 0 Å². The van der Waals surface area contributed by atoms with E-state index in [-0.39, 0.29) is 36.5 Å². The highest BCUT2D eigenvalue weighted by Crippen LogP contribution is 2.34. The summed E-state index contributed by atoms with van der Waals surface area (Å²) < 4.78 is 0. The summed E-state index contributed by atoms with van der Waals surface area (Å²) in [7, 11) is 0. The van der Waals surface area contributed by atoms with Gasteiger partial charge in [0, 0.05) is 35.9 Å². The van der Waals surface area contributed by atoms with E-state index in [1.807, 2.05) is 39.8 Å². The summed E-state index contributed by atoms with van der Waals surface area (Å²) in [5.41, 5.74) is 9.41. The van der Waals surface area contributed by atoms with Crippen molar-refractivity contribution in [3.63, 3.8) is 0 Å². The Morgan fingerprint density at radius 1 is 0.585 bits per heavy atom. The smallest absolute Gasteiger partial charge is 0.298 e. The highest BCUT2D eigenvalue weighted by atomic mass is 35.5. The van der Waals surface area contributed by atoms with Crippen molar-refractivity contribution in [3.05, 3.63) is 130 Å². The SMILES string of the molecule is Cc1cccc(-c2sc(NC(=O)c3ccncc3C)nc2C)c1.Cc1cccc(-c2sc(NC(=O)c3ccncc3C)nc2C)c1.Cl.O=C=O.O=C=O. The van der Waals surface area contributed by atoms with E-state index in [2.05, 4.69) is 80.8 Å². The van der Waals surface area contributed by atoms with Crippen LogP contribution >= 0.6 is 35.1 Å². The summed E-state index contributed by atoms with van der Waals surface area (Å²) >= 11 is 2.98. The first-order chi connectivity index (χ1) is 24.9. The van der Waals surface area contributed by atoms with E-state index < -0.39 is 0 Å². The molecule has 0 aliphatic carbocycles. The molecule has 0 fully saturated rings. The lowest BCUT2D eigenvalue weighted by Gasteiger charge is -2.04. The molecule has 0 unspecified atom stereocenters. The van der Waals surface area contributed by atoms with E-state index in [1.165, 1.54) is 33.8 Å². The van der Waals surface area contributed by atoms with Crippen LogP contribution in [0, 0.1) is 41.5 Å². The van der Waals surface area contributed by atoms with E-state index in [0.29, 0.717) is 21.4 Å². The maximum absolute atomic E-state index is 12.4. The molecule has 0 saturated carbocycles. The Morgan fingerprint density at radius 2 is 0.943 bits per heavy atom. The monoisotopic (exact) mass is 770 g/mol. The van der Waals surface area contributed by atoms with Gasteiger partial charge in [0.1, 0.15) is 0 Å². The normalized spacial score (nSPS) is 9.47. The number of benzene rings is 2. The van der Waals surface area contributed by atoms with E-state index in [0.717, 1.165) is 43.4 Å². The summed E-state index contributed by atoms with van der Waals surface area (Å²) in [5.74, 6) is -0.316. The van der Waals surface area contributed by atoms with Crippen LogP contribution in [0.3, 0.4) is 0 Å². The Kier molecular flexibility index (Phi) is 17.4. The zero-order valence-corrected chi connectivity index (χ0v) is 32.0. The Hall–Kier alpha value is -6.01. The van der Waals surface area contributed by atoms with E-state index in [4.69, 9.17) is 19.2 Å². The highest BCUT2D eigenvalue weighted by Gasteiger charge is 2.16. The molecular weight excluding hydrogens is 736 g/mol. The second-order valence-corrected chi connectivity index (χ2v) is 13.1. The van der Waals surface area contributed by atoms with Crippen molar-refractivity contribution in [1.29, 1.82) is 0 Å². The third-order valence-electron chi connectivity index (χ3n) is 7.12. The molecule has 0 saturated heterocycles. The van der Waals surface area contributed by atoms with Crippen LogP contribution in [0.25, 0.3) is 20.9 Å². The molecule has 53 heavy (non-hydrogen) atoms. The van der Waals surface area contributed by atoms with Gasteiger partial charge in [-0.05, 0) is 75.9 Å². The molecule has 6 aromatic rings. The Bertz CT molecular complexity index is 2080. The maximum Gasteiger partial charge on any atom is 0.373 e. The summed E-state index contributed by atoms with van der Waals surface area (Å²) in [6.45, 7) is 11.8. The van der Waals surface area contributed by atoms with Crippen molar-refractivity contribution in [3.8, 4) is 20.9 Å². The van der Waals surface area contributed by atoms with Gasteiger partial charge in [0.2, 0.25) is 0 Å². The molecule has 272 valence electrons. The number of nitrogens with one attached hydrogen (secondary N) is 2. The summed E-state index contributed by atoms with van der Waals surface area (Å²) in [6.07, 6.45) is 7.10. The molecule has 0 radical (unpaired) electrons. The summed E-state index contributed by atoms with van der Waals surface area (Å²) in [6, 6.07) is 20.0. The first-order valence-electron chi connectivity index (χ1n) is 15.4. The Balaban J connectivity index is 0.000000314. The molecule has 0 aliphatic rings.